The molecule has 3 nitrogen and oxygen atoms in total. The molecule has 0 fully saturated rings. The van der Waals surface area contributed by atoms with E-state index in [0.29, 0.717) is 11.6 Å². The van der Waals surface area contributed by atoms with Gasteiger partial charge in [-0.2, -0.15) is 0 Å². The second-order valence-corrected chi connectivity index (χ2v) is 3.95. The fourth-order valence-electron chi connectivity index (χ4n) is 1.46. The Hall–Kier alpha value is -1.74. The van der Waals surface area contributed by atoms with E-state index in [1.165, 1.54) is 6.26 Å². The van der Waals surface area contributed by atoms with Crippen LogP contribution in [0.4, 0.5) is 5.69 Å². The zero-order chi connectivity index (χ0) is 12.1. The number of benzene rings is 1. The Morgan fingerprint density at radius 2 is 2.00 bits per heavy atom. The lowest BCUT2D eigenvalue weighted by molar-refractivity contribution is 0.0996. The third-order valence-electron chi connectivity index (χ3n) is 2.34. The van der Waals surface area contributed by atoms with Crippen molar-refractivity contribution in [2.45, 2.75) is 6.42 Å². The minimum Gasteiger partial charge on any atom is -0.459 e. The highest BCUT2D eigenvalue weighted by molar-refractivity contribution is 6.18. The second kappa shape index (κ2) is 5.55. The van der Waals surface area contributed by atoms with Crippen LogP contribution in [0.1, 0.15) is 16.1 Å². The molecule has 0 aliphatic heterocycles. The highest BCUT2D eigenvalue weighted by Gasteiger charge is 2.07. The van der Waals surface area contributed by atoms with Gasteiger partial charge in [-0.3, -0.25) is 4.79 Å². The van der Waals surface area contributed by atoms with Crippen LogP contribution in [-0.4, -0.2) is 11.8 Å². The van der Waals surface area contributed by atoms with Crippen molar-refractivity contribution in [3.63, 3.8) is 0 Å². The number of aryl methyl sites for hydroxylation is 1. The third-order valence-corrected chi connectivity index (χ3v) is 2.53. The maximum atomic E-state index is 11.7. The molecule has 0 saturated carbocycles. The Balaban J connectivity index is 2.01. The summed E-state index contributed by atoms with van der Waals surface area (Å²) in [5.74, 6) is 0.646. The zero-order valence-corrected chi connectivity index (χ0v) is 9.91. The molecule has 0 unspecified atom stereocenters. The van der Waals surface area contributed by atoms with Gasteiger partial charge in [0.25, 0.3) is 5.91 Å². The number of nitrogens with one attached hydrogen (secondary N) is 1. The molecule has 17 heavy (non-hydrogen) atoms. The van der Waals surface area contributed by atoms with Crippen molar-refractivity contribution < 1.29 is 9.21 Å². The number of halogens is 1. The molecule has 2 rings (SSSR count). The van der Waals surface area contributed by atoms with Crippen LogP contribution in [0.3, 0.4) is 0 Å². The van der Waals surface area contributed by atoms with Crippen LogP contribution in [-0.2, 0) is 6.42 Å². The van der Waals surface area contributed by atoms with E-state index < -0.39 is 0 Å². The van der Waals surface area contributed by atoms with E-state index in [0.717, 1.165) is 17.7 Å². The van der Waals surface area contributed by atoms with E-state index in [1.54, 1.807) is 12.1 Å². The Morgan fingerprint density at radius 3 is 2.59 bits per heavy atom. The van der Waals surface area contributed by atoms with Crippen LogP contribution in [0.5, 0.6) is 0 Å². The predicted molar refractivity (Wildman–Crippen MR) is 67.5 cm³/mol. The summed E-state index contributed by atoms with van der Waals surface area (Å²) in [5, 5.41) is 2.75. The van der Waals surface area contributed by atoms with Gasteiger partial charge in [0.2, 0.25) is 0 Å². The molecule has 88 valence electrons. The van der Waals surface area contributed by atoms with Gasteiger partial charge in [0.1, 0.15) is 0 Å². The maximum absolute atomic E-state index is 11.7. The molecule has 0 atom stereocenters. The first-order valence-electron chi connectivity index (χ1n) is 5.29. The number of amides is 1. The summed E-state index contributed by atoms with van der Waals surface area (Å²) in [4.78, 5) is 11.7. The molecule has 0 bridgehead atoms. The number of furan rings is 1. The number of rotatable bonds is 4. The molecule has 1 heterocycles. The van der Waals surface area contributed by atoms with Crippen LogP contribution in [0.2, 0.25) is 0 Å². The van der Waals surface area contributed by atoms with E-state index in [4.69, 9.17) is 16.0 Å². The number of hydrogen-bond acceptors (Lipinski definition) is 2. The van der Waals surface area contributed by atoms with Crippen molar-refractivity contribution in [2.24, 2.45) is 0 Å². The van der Waals surface area contributed by atoms with Gasteiger partial charge in [-0.25, -0.2) is 0 Å². The molecule has 0 spiro atoms. The summed E-state index contributed by atoms with van der Waals surface area (Å²) >= 11 is 5.65. The van der Waals surface area contributed by atoms with Crippen LogP contribution in [0.25, 0.3) is 0 Å². The first kappa shape index (κ1) is 11.7. The highest BCUT2D eigenvalue weighted by Crippen LogP contribution is 2.12. The number of carbonyl (C=O) groups excluding carboxylic acids is 1. The zero-order valence-electron chi connectivity index (χ0n) is 9.15. The van der Waals surface area contributed by atoms with E-state index in [-0.39, 0.29) is 5.91 Å². The summed E-state index contributed by atoms with van der Waals surface area (Å²) < 4.78 is 5.00. The van der Waals surface area contributed by atoms with Crippen LogP contribution in [0.15, 0.2) is 47.1 Å². The lowest BCUT2D eigenvalue weighted by Crippen LogP contribution is -2.10. The monoisotopic (exact) mass is 249 g/mol. The molecular formula is C13H12ClNO2. The van der Waals surface area contributed by atoms with Crippen molar-refractivity contribution in [3.05, 3.63) is 54.0 Å². The number of carbonyl (C=O) groups is 1. The van der Waals surface area contributed by atoms with Crippen molar-refractivity contribution in [1.82, 2.24) is 0 Å². The fourth-order valence-corrected chi connectivity index (χ4v) is 1.68. The Kier molecular flexibility index (Phi) is 3.83. The molecule has 1 aromatic heterocycles. The SMILES string of the molecule is O=C(Nc1ccc(CCCl)cc1)c1ccco1. The second-order valence-electron chi connectivity index (χ2n) is 3.57. The largest absolute Gasteiger partial charge is 0.459 e. The Labute approximate surface area is 104 Å². The summed E-state index contributed by atoms with van der Waals surface area (Å²) in [5.41, 5.74) is 1.89. The quantitative estimate of drug-likeness (QED) is 0.845. The Morgan fingerprint density at radius 1 is 1.24 bits per heavy atom. The fraction of sp³-hybridized carbons (Fsp3) is 0.154. The average Bonchev–Trinajstić information content (AvgIpc) is 2.86. The van der Waals surface area contributed by atoms with Crippen LogP contribution < -0.4 is 5.32 Å². The highest BCUT2D eigenvalue weighted by atomic mass is 35.5. The van der Waals surface area contributed by atoms with Crippen LogP contribution >= 0.6 is 11.6 Å². The summed E-state index contributed by atoms with van der Waals surface area (Å²) in [6.07, 6.45) is 2.30. The summed E-state index contributed by atoms with van der Waals surface area (Å²) in [7, 11) is 0. The van der Waals surface area contributed by atoms with E-state index in [1.807, 2.05) is 24.3 Å². The molecule has 0 saturated heterocycles. The number of hydrogen-bond donors (Lipinski definition) is 1. The molecule has 0 aliphatic rings. The van der Waals surface area contributed by atoms with E-state index in [9.17, 15) is 4.79 Å². The summed E-state index contributed by atoms with van der Waals surface area (Å²) in [6.45, 7) is 0. The molecule has 1 N–H and O–H groups in total. The molecule has 0 aliphatic carbocycles. The Bertz CT molecular complexity index is 477. The molecule has 4 heteroatoms. The molecular weight excluding hydrogens is 238 g/mol. The summed E-state index contributed by atoms with van der Waals surface area (Å²) in [6, 6.07) is 10.9. The standard InChI is InChI=1S/C13H12ClNO2/c14-8-7-10-3-5-11(6-4-10)15-13(16)12-2-1-9-17-12/h1-6,9H,7-8H2,(H,15,16). The number of anilines is 1. The van der Waals surface area contributed by atoms with Gasteiger partial charge >= 0.3 is 0 Å². The van der Waals surface area contributed by atoms with Gasteiger partial charge in [0, 0.05) is 11.6 Å². The average molecular weight is 250 g/mol. The minimum absolute atomic E-state index is 0.250. The lowest BCUT2D eigenvalue weighted by atomic mass is 10.1. The normalized spacial score (nSPS) is 10.2. The maximum Gasteiger partial charge on any atom is 0.291 e. The van der Waals surface area contributed by atoms with Gasteiger partial charge in [-0.1, -0.05) is 12.1 Å². The van der Waals surface area contributed by atoms with Crippen molar-refractivity contribution in [3.8, 4) is 0 Å². The molecule has 1 aromatic carbocycles. The number of alkyl halides is 1. The van der Waals surface area contributed by atoms with Gasteiger partial charge in [0.05, 0.1) is 6.26 Å². The first-order valence-corrected chi connectivity index (χ1v) is 5.83. The van der Waals surface area contributed by atoms with Gasteiger partial charge in [-0.05, 0) is 36.2 Å². The topological polar surface area (TPSA) is 42.2 Å². The van der Waals surface area contributed by atoms with Gasteiger partial charge in [0.15, 0.2) is 5.76 Å². The predicted octanol–water partition coefficient (Wildman–Crippen LogP) is 3.31. The molecule has 0 radical (unpaired) electrons. The van der Waals surface area contributed by atoms with E-state index >= 15 is 0 Å². The van der Waals surface area contributed by atoms with Gasteiger partial charge in [-0.15, -0.1) is 11.6 Å². The minimum atomic E-state index is -0.250. The first-order chi connectivity index (χ1) is 8.29. The molecule has 2 aromatic rings. The van der Waals surface area contributed by atoms with Crippen LogP contribution in [0, 0.1) is 0 Å². The van der Waals surface area contributed by atoms with Crippen molar-refractivity contribution in [1.29, 1.82) is 0 Å². The lowest BCUT2D eigenvalue weighted by Gasteiger charge is -2.04. The third kappa shape index (κ3) is 3.11. The van der Waals surface area contributed by atoms with Crippen molar-refractivity contribution >= 4 is 23.2 Å². The van der Waals surface area contributed by atoms with Crippen molar-refractivity contribution in [2.75, 3.05) is 11.2 Å². The van der Waals surface area contributed by atoms with Gasteiger partial charge < -0.3 is 9.73 Å². The smallest absolute Gasteiger partial charge is 0.291 e. The van der Waals surface area contributed by atoms with E-state index in [2.05, 4.69) is 5.32 Å². The molecule has 1 amide bonds.